The predicted molar refractivity (Wildman–Crippen MR) is 112 cm³/mol. The van der Waals surface area contributed by atoms with Crippen molar-refractivity contribution in [3.63, 3.8) is 0 Å². The molecule has 0 spiro atoms. The van der Waals surface area contributed by atoms with Gasteiger partial charge in [-0.05, 0) is 30.2 Å². The normalized spacial score (nSPS) is 11.1. The number of hydrogen-bond acceptors (Lipinski definition) is 5. The average molecular weight is 403 g/mol. The van der Waals surface area contributed by atoms with Gasteiger partial charge < -0.3 is 15.0 Å². The average Bonchev–Trinajstić information content (AvgIpc) is 2.76. The molecule has 1 amide bonds. The van der Waals surface area contributed by atoms with E-state index in [0.717, 1.165) is 11.1 Å². The van der Waals surface area contributed by atoms with Crippen LogP contribution in [0.25, 0.3) is 16.7 Å². The number of nitrogens with zero attached hydrogens (tertiary/aromatic N) is 3. The molecule has 1 aromatic carbocycles. The zero-order valence-corrected chi connectivity index (χ0v) is 16.4. The lowest BCUT2D eigenvalue weighted by Crippen LogP contribution is -2.35. The number of fused-ring (bicyclic) bond motifs is 2. The molecular formula is C22H21N5O3. The Labute approximate surface area is 171 Å². The first kappa shape index (κ1) is 19.5. The summed E-state index contributed by atoms with van der Waals surface area (Å²) in [4.78, 5) is 30.5. The minimum absolute atomic E-state index is 0.0453. The molecule has 8 nitrogen and oxygen atoms in total. The molecule has 0 atom stereocenters. The van der Waals surface area contributed by atoms with Crippen molar-refractivity contribution >= 4 is 22.6 Å². The molecule has 8 heteroatoms. The summed E-state index contributed by atoms with van der Waals surface area (Å²) in [5, 5.41) is 21.0. The van der Waals surface area contributed by atoms with E-state index >= 15 is 0 Å². The fraction of sp³-hybridized carbons (Fsp3) is 0.182. The Morgan fingerprint density at radius 2 is 1.93 bits per heavy atom. The monoisotopic (exact) mass is 403 g/mol. The highest BCUT2D eigenvalue weighted by Crippen LogP contribution is 2.13. The number of carbonyl (C=O) groups is 1. The number of nitrogens with one attached hydrogen (secondary N) is 2. The highest BCUT2D eigenvalue weighted by atomic mass is 16.3. The number of pyridine rings is 2. The van der Waals surface area contributed by atoms with Gasteiger partial charge >= 0.3 is 0 Å². The standard InChI is InChI=1S/C22H21N5O3/c1-14-6-5-9-27-19(14)25-20-17(22(27)30)12-16(18(23)26(20)10-11-28)21(29)24-13-15-7-3-2-4-8-15/h2-9,12,23,28H,10-11,13H2,1H3,(H,24,29). The van der Waals surface area contributed by atoms with E-state index in [1.54, 1.807) is 12.3 Å². The van der Waals surface area contributed by atoms with E-state index in [4.69, 9.17) is 5.41 Å². The van der Waals surface area contributed by atoms with Gasteiger partial charge in [-0.3, -0.25) is 19.4 Å². The summed E-state index contributed by atoms with van der Waals surface area (Å²) in [6, 6.07) is 14.4. The minimum Gasteiger partial charge on any atom is -0.395 e. The number of rotatable bonds is 5. The fourth-order valence-electron chi connectivity index (χ4n) is 3.46. The van der Waals surface area contributed by atoms with Gasteiger partial charge in [0.25, 0.3) is 11.5 Å². The molecule has 0 aliphatic rings. The molecule has 0 fully saturated rings. The third-order valence-corrected chi connectivity index (χ3v) is 5.00. The Kier molecular flexibility index (Phi) is 5.16. The smallest absolute Gasteiger partial charge is 0.267 e. The van der Waals surface area contributed by atoms with Crippen LogP contribution < -0.4 is 16.4 Å². The second-order valence-electron chi connectivity index (χ2n) is 6.99. The number of carbonyl (C=O) groups excluding carboxylic acids is 1. The van der Waals surface area contributed by atoms with Crippen molar-refractivity contribution in [1.29, 1.82) is 5.41 Å². The molecule has 0 saturated heterocycles. The number of amides is 1. The Hall–Kier alpha value is -3.78. The van der Waals surface area contributed by atoms with Crippen LogP contribution in [-0.4, -0.2) is 31.6 Å². The van der Waals surface area contributed by atoms with Crippen molar-refractivity contribution in [3.05, 3.63) is 87.3 Å². The van der Waals surface area contributed by atoms with Gasteiger partial charge in [-0.2, -0.15) is 0 Å². The summed E-state index contributed by atoms with van der Waals surface area (Å²) in [6.07, 6.45) is 1.62. The first-order valence-corrected chi connectivity index (χ1v) is 9.54. The SMILES string of the molecule is Cc1cccn2c(=O)c3cc(C(=O)NCc4ccccc4)c(=N)n(CCO)c3nc12. The molecule has 0 unspecified atom stereocenters. The molecule has 4 aromatic rings. The molecule has 3 N–H and O–H groups in total. The van der Waals surface area contributed by atoms with Crippen molar-refractivity contribution in [1.82, 2.24) is 19.3 Å². The first-order valence-electron chi connectivity index (χ1n) is 9.54. The lowest BCUT2D eigenvalue weighted by atomic mass is 10.1. The number of hydrogen-bond donors (Lipinski definition) is 3. The molecule has 0 aliphatic carbocycles. The van der Waals surface area contributed by atoms with E-state index < -0.39 is 5.91 Å². The molecule has 30 heavy (non-hydrogen) atoms. The Morgan fingerprint density at radius 3 is 2.67 bits per heavy atom. The quantitative estimate of drug-likeness (QED) is 0.437. The van der Waals surface area contributed by atoms with E-state index in [0.29, 0.717) is 12.2 Å². The van der Waals surface area contributed by atoms with Crippen LogP contribution in [0.2, 0.25) is 0 Å². The van der Waals surface area contributed by atoms with Gasteiger partial charge in [0.15, 0.2) is 0 Å². The number of benzene rings is 1. The van der Waals surface area contributed by atoms with Crippen LogP contribution in [0.3, 0.4) is 0 Å². The minimum atomic E-state index is -0.466. The molecule has 152 valence electrons. The van der Waals surface area contributed by atoms with Crippen LogP contribution in [0.1, 0.15) is 21.5 Å². The number of aliphatic hydroxyl groups is 1. The molecule has 0 aliphatic heterocycles. The van der Waals surface area contributed by atoms with Crippen LogP contribution >= 0.6 is 0 Å². The lowest BCUT2D eigenvalue weighted by molar-refractivity contribution is 0.0948. The maximum absolute atomic E-state index is 13.1. The van der Waals surface area contributed by atoms with E-state index in [1.807, 2.05) is 43.3 Å². The maximum Gasteiger partial charge on any atom is 0.267 e. The van der Waals surface area contributed by atoms with Crippen LogP contribution in [0, 0.1) is 12.3 Å². The Morgan fingerprint density at radius 1 is 1.17 bits per heavy atom. The summed E-state index contributed by atoms with van der Waals surface area (Å²) in [6.45, 7) is 1.93. The molecule has 0 radical (unpaired) electrons. The van der Waals surface area contributed by atoms with E-state index in [1.165, 1.54) is 15.0 Å². The summed E-state index contributed by atoms with van der Waals surface area (Å²) in [5.74, 6) is -0.466. The van der Waals surface area contributed by atoms with Gasteiger partial charge in [-0.15, -0.1) is 0 Å². The second-order valence-corrected chi connectivity index (χ2v) is 6.99. The highest BCUT2D eigenvalue weighted by molar-refractivity contribution is 5.96. The van der Waals surface area contributed by atoms with Crippen LogP contribution in [-0.2, 0) is 13.1 Å². The van der Waals surface area contributed by atoms with Crippen LogP contribution in [0.4, 0.5) is 0 Å². The van der Waals surface area contributed by atoms with Crippen LogP contribution in [0.5, 0.6) is 0 Å². The van der Waals surface area contributed by atoms with Gasteiger partial charge in [-0.25, -0.2) is 4.98 Å². The van der Waals surface area contributed by atoms with Gasteiger partial charge in [-0.1, -0.05) is 36.4 Å². The Bertz CT molecular complexity index is 1370. The molecule has 3 heterocycles. The van der Waals surface area contributed by atoms with Gasteiger partial charge in [0.05, 0.1) is 17.6 Å². The van der Waals surface area contributed by atoms with Crippen molar-refractivity contribution < 1.29 is 9.90 Å². The zero-order valence-electron chi connectivity index (χ0n) is 16.4. The second kappa shape index (κ2) is 7.92. The third kappa shape index (κ3) is 3.37. The molecule has 0 bridgehead atoms. The first-order chi connectivity index (χ1) is 14.5. The summed E-state index contributed by atoms with van der Waals surface area (Å²) >= 11 is 0. The van der Waals surface area contributed by atoms with E-state index in [9.17, 15) is 14.7 Å². The lowest BCUT2D eigenvalue weighted by Gasteiger charge is -2.14. The number of aromatic nitrogens is 3. The topological polar surface area (TPSA) is 112 Å². The zero-order chi connectivity index (χ0) is 21.3. The third-order valence-electron chi connectivity index (χ3n) is 5.00. The number of aliphatic hydroxyl groups excluding tert-OH is 1. The maximum atomic E-state index is 13.1. The van der Waals surface area contributed by atoms with Crippen molar-refractivity contribution in [2.75, 3.05) is 6.61 Å². The largest absolute Gasteiger partial charge is 0.395 e. The Balaban J connectivity index is 1.88. The molecule has 0 saturated carbocycles. The van der Waals surface area contributed by atoms with Crippen molar-refractivity contribution in [2.24, 2.45) is 0 Å². The van der Waals surface area contributed by atoms with Gasteiger partial charge in [0, 0.05) is 19.3 Å². The van der Waals surface area contributed by atoms with Crippen LogP contribution in [0.15, 0.2) is 59.5 Å². The van der Waals surface area contributed by atoms with Gasteiger partial charge in [0.1, 0.15) is 16.8 Å². The molecular weight excluding hydrogens is 382 g/mol. The van der Waals surface area contributed by atoms with Crippen molar-refractivity contribution in [2.45, 2.75) is 20.0 Å². The van der Waals surface area contributed by atoms with Gasteiger partial charge in [0.2, 0.25) is 0 Å². The van der Waals surface area contributed by atoms with Crippen molar-refractivity contribution in [3.8, 4) is 0 Å². The number of aryl methyl sites for hydroxylation is 1. The predicted octanol–water partition coefficient (Wildman–Crippen LogP) is 1.36. The molecule has 3 aromatic heterocycles. The summed E-state index contributed by atoms with van der Waals surface area (Å²) in [7, 11) is 0. The summed E-state index contributed by atoms with van der Waals surface area (Å²) in [5.41, 5.74) is 2.09. The molecule has 4 rings (SSSR count). The highest BCUT2D eigenvalue weighted by Gasteiger charge is 2.17. The van der Waals surface area contributed by atoms with E-state index in [-0.39, 0.29) is 40.8 Å². The summed E-state index contributed by atoms with van der Waals surface area (Å²) < 4.78 is 2.83. The fourth-order valence-corrected chi connectivity index (χ4v) is 3.46. The van der Waals surface area contributed by atoms with E-state index in [2.05, 4.69) is 10.3 Å².